The highest BCUT2D eigenvalue weighted by atomic mass is 16.6. The maximum Gasteiger partial charge on any atom is 0.306 e. The van der Waals surface area contributed by atoms with Crippen molar-refractivity contribution in [3.05, 3.63) is 109 Å². The highest BCUT2D eigenvalue weighted by Crippen LogP contribution is 2.16. The van der Waals surface area contributed by atoms with Crippen molar-refractivity contribution in [2.75, 3.05) is 19.8 Å². The van der Waals surface area contributed by atoms with Crippen LogP contribution in [0.3, 0.4) is 0 Å². The van der Waals surface area contributed by atoms with Gasteiger partial charge in [0.05, 0.1) is 6.61 Å². The molecule has 0 saturated carbocycles. The van der Waals surface area contributed by atoms with Gasteiger partial charge in [0.15, 0.2) is 6.10 Å². The molecule has 1 atom stereocenters. The van der Waals surface area contributed by atoms with Crippen molar-refractivity contribution in [3.63, 3.8) is 0 Å². The van der Waals surface area contributed by atoms with E-state index in [4.69, 9.17) is 14.2 Å². The summed E-state index contributed by atoms with van der Waals surface area (Å²) in [7, 11) is 0. The van der Waals surface area contributed by atoms with Crippen LogP contribution in [0.4, 0.5) is 0 Å². The minimum absolute atomic E-state index is 0.0542. The lowest BCUT2D eigenvalue weighted by Crippen LogP contribution is -2.30. The average molecular weight is 972 g/mol. The molecule has 1 unspecified atom stereocenters. The van der Waals surface area contributed by atoms with E-state index in [-0.39, 0.29) is 25.2 Å². The zero-order chi connectivity index (χ0) is 50.6. The Morgan fingerprint density at radius 3 is 1.03 bits per heavy atom. The van der Waals surface area contributed by atoms with Gasteiger partial charge in [-0.2, -0.15) is 0 Å². The summed E-state index contributed by atoms with van der Waals surface area (Å²) in [6.45, 7) is 7.50. The van der Waals surface area contributed by atoms with Gasteiger partial charge in [-0.25, -0.2) is 0 Å². The largest absolute Gasteiger partial charge is 0.462 e. The van der Waals surface area contributed by atoms with Crippen molar-refractivity contribution in [3.8, 4) is 0 Å². The van der Waals surface area contributed by atoms with Crippen LogP contribution < -0.4 is 0 Å². The molecule has 0 aromatic rings. The van der Waals surface area contributed by atoms with Crippen molar-refractivity contribution in [1.29, 1.82) is 0 Å². The molecule has 0 aliphatic rings. The smallest absolute Gasteiger partial charge is 0.306 e. The van der Waals surface area contributed by atoms with Gasteiger partial charge in [-0.15, -0.1) is 0 Å². The molecule has 0 fully saturated rings. The molecule has 0 spiro atoms. The van der Waals surface area contributed by atoms with Crippen LogP contribution in [0.25, 0.3) is 0 Å². The third-order valence-corrected chi connectivity index (χ3v) is 12.3. The van der Waals surface area contributed by atoms with E-state index < -0.39 is 6.10 Å². The summed E-state index contributed by atoms with van der Waals surface area (Å²) in [5.74, 6) is -0.445. The van der Waals surface area contributed by atoms with Crippen molar-refractivity contribution >= 4 is 11.9 Å². The first-order valence-electron chi connectivity index (χ1n) is 29.4. The summed E-state index contributed by atoms with van der Waals surface area (Å²) in [6.07, 6.45) is 82.6. The lowest BCUT2D eigenvalue weighted by atomic mass is 10.0. The van der Waals surface area contributed by atoms with Crippen LogP contribution >= 0.6 is 0 Å². The van der Waals surface area contributed by atoms with Crippen molar-refractivity contribution in [2.24, 2.45) is 0 Å². The quantitative estimate of drug-likeness (QED) is 0.0345. The normalized spacial score (nSPS) is 13.0. The minimum atomic E-state index is -0.578. The first kappa shape index (κ1) is 66.6. The molecule has 0 rings (SSSR count). The Bertz CT molecular complexity index is 1380. The monoisotopic (exact) mass is 971 g/mol. The Morgan fingerprint density at radius 1 is 0.329 bits per heavy atom. The number of hydrogen-bond acceptors (Lipinski definition) is 5. The Morgan fingerprint density at radius 2 is 0.643 bits per heavy atom. The van der Waals surface area contributed by atoms with Crippen molar-refractivity contribution in [2.45, 2.75) is 271 Å². The number of esters is 2. The second-order valence-electron chi connectivity index (χ2n) is 19.1. The highest BCUT2D eigenvalue weighted by Gasteiger charge is 2.17. The lowest BCUT2D eigenvalue weighted by Gasteiger charge is -2.18. The van der Waals surface area contributed by atoms with Crippen LogP contribution in [-0.4, -0.2) is 37.9 Å². The van der Waals surface area contributed by atoms with E-state index in [1.165, 1.54) is 109 Å². The lowest BCUT2D eigenvalue weighted by molar-refractivity contribution is -0.163. The van der Waals surface area contributed by atoms with E-state index >= 15 is 0 Å². The highest BCUT2D eigenvalue weighted by molar-refractivity contribution is 5.70. The molecule has 5 nitrogen and oxygen atoms in total. The predicted molar refractivity (Wildman–Crippen MR) is 306 cm³/mol. The Labute approximate surface area is 434 Å². The molecular weight excluding hydrogens is 861 g/mol. The molecule has 0 heterocycles. The number of allylic oxidation sites excluding steroid dienone is 18. The van der Waals surface area contributed by atoms with Crippen molar-refractivity contribution in [1.82, 2.24) is 0 Å². The third-order valence-electron chi connectivity index (χ3n) is 12.3. The van der Waals surface area contributed by atoms with Crippen LogP contribution in [0.5, 0.6) is 0 Å². The molecule has 0 amide bonds. The fourth-order valence-corrected chi connectivity index (χ4v) is 8.00. The molecule has 0 N–H and O–H groups in total. The maximum absolute atomic E-state index is 12.9. The number of rotatable bonds is 53. The van der Waals surface area contributed by atoms with E-state index in [0.717, 1.165) is 122 Å². The number of carbonyl (C=O) groups excluding carboxylic acids is 2. The van der Waals surface area contributed by atoms with Gasteiger partial charge in [0, 0.05) is 19.4 Å². The summed E-state index contributed by atoms with van der Waals surface area (Å²) in [4.78, 5) is 25.6. The van der Waals surface area contributed by atoms with Gasteiger partial charge in [0.2, 0.25) is 0 Å². The number of unbranched alkanes of at least 4 members (excludes halogenated alkanes) is 24. The van der Waals surface area contributed by atoms with Crippen LogP contribution in [0.1, 0.15) is 265 Å². The molecule has 5 heteroatoms. The second-order valence-corrected chi connectivity index (χ2v) is 19.1. The minimum Gasteiger partial charge on any atom is -0.462 e. The second kappa shape index (κ2) is 59.9. The molecule has 0 aliphatic heterocycles. The van der Waals surface area contributed by atoms with E-state index in [1.54, 1.807) is 0 Å². The molecule has 0 radical (unpaired) electrons. The van der Waals surface area contributed by atoms with Gasteiger partial charge in [0.1, 0.15) is 6.61 Å². The fraction of sp³-hybridized carbons (Fsp3) is 0.692. The van der Waals surface area contributed by atoms with E-state index in [9.17, 15) is 9.59 Å². The van der Waals surface area contributed by atoms with E-state index in [1.807, 2.05) is 0 Å². The summed E-state index contributed by atoms with van der Waals surface area (Å²) < 4.78 is 17.4. The molecule has 70 heavy (non-hydrogen) atoms. The van der Waals surface area contributed by atoms with Gasteiger partial charge < -0.3 is 14.2 Å². The number of hydrogen-bond donors (Lipinski definition) is 0. The van der Waals surface area contributed by atoms with Crippen molar-refractivity contribution < 1.29 is 23.8 Å². The van der Waals surface area contributed by atoms with Gasteiger partial charge in [-0.3, -0.25) is 9.59 Å². The Kier molecular flexibility index (Phi) is 56.9. The van der Waals surface area contributed by atoms with E-state index in [2.05, 4.69) is 130 Å². The molecule has 0 aliphatic carbocycles. The summed E-state index contributed by atoms with van der Waals surface area (Å²) in [5.41, 5.74) is 0. The van der Waals surface area contributed by atoms with Crippen LogP contribution in [0, 0.1) is 0 Å². The number of carbonyl (C=O) groups is 2. The third kappa shape index (κ3) is 57.1. The summed E-state index contributed by atoms with van der Waals surface area (Å²) >= 11 is 0. The molecule has 0 aromatic heterocycles. The molecular formula is C65H110O5. The molecule has 400 valence electrons. The number of ether oxygens (including phenoxy) is 3. The van der Waals surface area contributed by atoms with Gasteiger partial charge >= 0.3 is 11.9 Å². The Hall–Kier alpha value is -3.44. The summed E-state index contributed by atoms with van der Waals surface area (Å²) in [5, 5.41) is 0. The summed E-state index contributed by atoms with van der Waals surface area (Å²) in [6, 6.07) is 0. The Balaban J connectivity index is 4.38. The van der Waals surface area contributed by atoms with E-state index in [0.29, 0.717) is 19.4 Å². The topological polar surface area (TPSA) is 61.8 Å². The first-order chi connectivity index (χ1) is 34.6. The first-order valence-corrected chi connectivity index (χ1v) is 29.4. The van der Waals surface area contributed by atoms with Crippen LogP contribution in [0.2, 0.25) is 0 Å². The average Bonchev–Trinajstić information content (AvgIpc) is 3.36. The zero-order valence-corrected chi connectivity index (χ0v) is 46.0. The van der Waals surface area contributed by atoms with Gasteiger partial charge in [0.25, 0.3) is 0 Å². The SMILES string of the molecule is CC/C=C\C/C=C\C/C=C\C/C=C\C/C=C\CCCCOCC(COC(=O)CCCCCCCCCCCCCCCCCCCCC)OC(=O)CCCCCC/C=C\C/C=C\C/C=C\C/C=C\CC. The standard InChI is InChI=1S/C65H110O5/c1-4-7-10-13-16-19-22-25-28-31-33-35-37-40-43-46-49-52-55-58-64(66)69-62-63(61-68-60-57-54-51-48-45-42-39-36-32-29-26-23-20-17-14-11-8-5-2)70-65(67)59-56-53-50-47-44-41-38-34-30-27-24-21-18-15-12-9-6-3/h8-9,11-12,17-18,20-21,26-27,29-30,36,38-39,41,45,48,63H,4-7,10,13-16,19,22-25,28,31-35,37,40,42-44,46-47,49-62H2,1-3H3/b11-8-,12-9-,20-17-,21-18-,29-26-,30-27-,39-36-,41-38-,48-45-. The zero-order valence-electron chi connectivity index (χ0n) is 46.0. The molecule has 0 aromatic carbocycles. The molecule has 0 saturated heterocycles. The van der Waals surface area contributed by atoms with Crippen LogP contribution in [0.15, 0.2) is 109 Å². The predicted octanol–water partition coefficient (Wildman–Crippen LogP) is 20.3. The maximum atomic E-state index is 12.9. The van der Waals surface area contributed by atoms with Crippen LogP contribution in [-0.2, 0) is 23.8 Å². The van der Waals surface area contributed by atoms with Gasteiger partial charge in [-0.05, 0) is 103 Å². The van der Waals surface area contributed by atoms with Gasteiger partial charge in [-0.1, -0.05) is 259 Å². The molecule has 0 bridgehead atoms. The fourth-order valence-electron chi connectivity index (χ4n) is 8.00.